The fourth-order valence-electron chi connectivity index (χ4n) is 2.72. The van der Waals surface area contributed by atoms with Gasteiger partial charge in [-0.3, -0.25) is 9.59 Å². The van der Waals surface area contributed by atoms with E-state index < -0.39 is 17.7 Å². The number of halogens is 1. The minimum Gasteiger partial charge on any atom is -0.494 e. The maximum atomic E-state index is 13.7. The van der Waals surface area contributed by atoms with Gasteiger partial charge in [-0.25, -0.2) is 9.18 Å². The summed E-state index contributed by atoms with van der Waals surface area (Å²) in [5, 5.41) is 12.2. The third kappa shape index (κ3) is 4.71. The number of carboxylic acid groups (broad SMARTS) is 1. The van der Waals surface area contributed by atoms with Gasteiger partial charge in [-0.05, 0) is 37.1 Å². The predicted molar refractivity (Wildman–Crippen MR) is 101 cm³/mol. The molecule has 2 N–H and O–H groups in total. The molecule has 1 amide bonds. The summed E-state index contributed by atoms with van der Waals surface area (Å²) in [4.78, 5) is 36.6. The number of ether oxygens (including phenoxy) is 1. The van der Waals surface area contributed by atoms with Crippen LogP contribution in [0.15, 0.2) is 18.2 Å². The van der Waals surface area contributed by atoms with Gasteiger partial charge in [-0.15, -0.1) is 11.3 Å². The van der Waals surface area contributed by atoms with E-state index in [1.807, 2.05) is 6.92 Å². The van der Waals surface area contributed by atoms with Crippen LogP contribution in [0.2, 0.25) is 0 Å². The number of ketones is 1. The van der Waals surface area contributed by atoms with Gasteiger partial charge in [0.2, 0.25) is 5.91 Å². The molecule has 0 spiro atoms. The Morgan fingerprint density at radius 2 is 1.96 bits per heavy atom. The smallest absolute Gasteiger partial charge is 0.339 e. The molecule has 0 atom stereocenters. The minimum atomic E-state index is -1.10. The standard InChI is InChI=1S/C19H20FNO5S/c1-4-12-10(2)27-18(17(12)19(24)25)21-16(23)8-6-14(22)11-5-7-15(26-3)13(20)9-11/h5,7,9H,4,6,8H2,1-3H3,(H,21,23)(H,24,25). The number of benzene rings is 1. The molecule has 2 rings (SSSR count). The van der Waals surface area contributed by atoms with E-state index in [1.54, 1.807) is 6.92 Å². The second-order valence-corrected chi connectivity index (χ2v) is 7.05. The topological polar surface area (TPSA) is 92.7 Å². The number of carbonyl (C=O) groups excluding carboxylic acids is 2. The van der Waals surface area contributed by atoms with Crippen LogP contribution >= 0.6 is 11.3 Å². The van der Waals surface area contributed by atoms with Gasteiger partial charge in [-0.2, -0.15) is 0 Å². The summed E-state index contributed by atoms with van der Waals surface area (Å²) in [5.74, 6) is -2.58. The molecule has 0 bridgehead atoms. The zero-order valence-corrected chi connectivity index (χ0v) is 16.0. The van der Waals surface area contributed by atoms with Crippen molar-refractivity contribution in [2.24, 2.45) is 0 Å². The molecule has 0 aliphatic carbocycles. The highest BCUT2D eigenvalue weighted by atomic mass is 32.1. The highest BCUT2D eigenvalue weighted by Gasteiger charge is 2.22. The van der Waals surface area contributed by atoms with Crippen molar-refractivity contribution >= 4 is 34.0 Å². The average Bonchev–Trinajstić information content (AvgIpc) is 2.94. The Morgan fingerprint density at radius 1 is 1.26 bits per heavy atom. The van der Waals surface area contributed by atoms with Crippen molar-refractivity contribution in [1.82, 2.24) is 0 Å². The van der Waals surface area contributed by atoms with E-state index in [0.29, 0.717) is 12.0 Å². The van der Waals surface area contributed by atoms with Crippen LogP contribution in [0, 0.1) is 12.7 Å². The Morgan fingerprint density at radius 3 is 2.52 bits per heavy atom. The van der Waals surface area contributed by atoms with Crippen molar-refractivity contribution in [3.05, 3.63) is 45.6 Å². The zero-order valence-electron chi connectivity index (χ0n) is 15.2. The van der Waals surface area contributed by atoms with E-state index in [0.717, 1.165) is 10.9 Å². The van der Waals surface area contributed by atoms with Crippen LogP contribution in [0.25, 0.3) is 0 Å². The monoisotopic (exact) mass is 393 g/mol. The van der Waals surface area contributed by atoms with Gasteiger partial charge in [0.25, 0.3) is 0 Å². The molecule has 0 saturated heterocycles. The molecule has 27 heavy (non-hydrogen) atoms. The highest BCUT2D eigenvalue weighted by molar-refractivity contribution is 7.16. The second-order valence-electron chi connectivity index (χ2n) is 5.82. The van der Waals surface area contributed by atoms with Crippen molar-refractivity contribution in [2.45, 2.75) is 33.1 Å². The van der Waals surface area contributed by atoms with Crippen molar-refractivity contribution in [3.63, 3.8) is 0 Å². The number of Topliss-reactive ketones (excluding diaryl/α,β-unsaturated/α-hetero) is 1. The van der Waals surface area contributed by atoms with Gasteiger partial charge in [0.15, 0.2) is 17.3 Å². The van der Waals surface area contributed by atoms with Crippen LogP contribution in [-0.4, -0.2) is 29.9 Å². The van der Waals surface area contributed by atoms with E-state index in [1.165, 1.54) is 30.6 Å². The normalized spacial score (nSPS) is 10.5. The van der Waals surface area contributed by atoms with E-state index >= 15 is 0 Å². The Kier molecular flexibility index (Phi) is 6.68. The summed E-state index contributed by atoms with van der Waals surface area (Å²) in [7, 11) is 1.33. The molecule has 0 saturated carbocycles. The molecule has 8 heteroatoms. The summed E-state index contributed by atoms with van der Waals surface area (Å²) < 4.78 is 18.5. The maximum absolute atomic E-state index is 13.7. The number of carbonyl (C=O) groups is 3. The third-order valence-corrected chi connectivity index (χ3v) is 5.15. The number of aryl methyl sites for hydroxylation is 1. The Hall–Kier alpha value is -2.74. The quantitative estimate of drug-likeness (QED) is 0.660. The van der Waals surface area contributed by atoms with E-state index in [9.17, 15) is 23.9 Å². The summed E-state index contributed by atoms with van der Waals surface area (Å²) in [6, 6.07) is 3.85. The minimum absolute atomic E-state index is 0.0327. The lowest BCUT2D eigenvalue weighted by atomic mass is 10.1. The number of carboxylic acids is 1. The Labute approximate surface area is 160 Å². The summed E-state index contributed by atoms with van der Waals surface area (Å²) in [5.41, 5.74) is 0.928. The van der Waals surface area contributed by atoms with E-state index in [2.05, 4.69) is 5.32 Å². The molecular weight excluding hydrogens is 373 g/mol. The lowest BCUT2D eigenvalue weighted by molar-refractivity contribution is -0.116. The van der Waals surface area contributed by atoms with Gasteiger partial charge < -0.3 is 15.2 Å². The average molecular weight is 393 g/mol. The summed E-state index contributed by atoms with van der Waals surface area (Å²) >= 11 is 1.20. The fraction of sp³-hybridized carbons (Fsp3) is 0.316. The number of thiophene rings is 1. The molecule has 6 nitrogen and oxygen atoms in total. The molecule has 0 unspecified atom stereocenters. The molecule has 0 fully saturated rings. The van der Waals surface area contributed by atoms with Gasteiger partial charge >= 0.3 is 5.97 Å². The first-order valence-electron chi connectivity index (χ1n) is 8.30. The first-order chi connectivity index (χ1) is 12.8. The highest BCUT2D eigenvalue weighted by Crippen LogP contribution is 2.33. The Balaban J connectivity index is 2.04. The number of rotatable bonds is 8. The van der Waals surface area contributed by atoms with Gasteiger partial charge in [0.1, 0.15) is 5.00 Å². The van der Waals surface area contributed by atoms with Crippen LogP contribution in [-0.2, 0) is 11.2 Å². The van der Waals surface area contributed by atoms with Crippen molar-refractivity contribution < 1.29 is 28.6 Å². The van der Waals surface area contributed by atoms with E-state index in [4.69, 9.17) is 4.74 Å². The summed E-state index contributed by atoms with van der Waals surface area (Å²) in [6.07, 6.45) is 0.288. The number of amides is 1. The largest absolute Gasteiger partial charge is 0.494 e. The Bertz CT molecular complexity index is 890. The predicted octanol–water partition coefficient (Wildman–Crippen LogP) is 4.07. The third-order valence-electron chi connectivity index (χ3n) is 4.08. The van der Waals surface area contributed by atoms with Crippen molar-refractivity contribution in [1.29, 1.82) is 0 Å². The molecule has 1 heterocycles. The van der Waals surface area contributed by atoms with Crippen LogP contribution in [0.4, 0.5) is 9.39 Å². The van der Waals surface area contributed by atoms with Gasteiger partial charge in [0.05, 0.1) is 12.7 Å². The van der Waals surface area contributed by atoms with Gasteiger partial charge in [0, 0.05) is 23.3 Å². The molecule has 144 valence electrons. The summed E-state index contributed by atoms with van der Waals surface area (Å²) in [6.45, 7) is 3.65. The van der Waals surface area contributed by atoms with Crippen LogP contribution in [0.3, 0.4) is 0 Å². The molecule has 2 aromatic rings. The first-order valence-corrected chi connectivity index (χ1v) is 9.12. The molecule has 0 aliphatic rings. The molecule has 0 radical (unpaired) electrons. The van der Waals surface area contributed by atoms with Gasteiger partial charge in [-0.1, -0.05) is 6.92 Å². The molecular formula is C19H20FNO5S. The number of nitrogens with one attached hydrogen (secondary N) is 1. The lowest BCUT2D eigenvalue weighted by Gasteiger charge is -2.06. The van der Waals surface area contributed by atoms with Crippen LogP contribution < -0.4 is 10.1 Å². The number of hydrogen-bond donors (Lipinski definition) is 2. The number of hydrogen-bond acceptors (Lipinski definition) is 5. The van der Waals surface area contributed by atoms with E-state index in [-0.39, 0.29) is 40.5 Å². The van der Waals surface area contributed by atoms with Crippen molar-refractivity contribution in [3.8, 4) is 5.75 Å². The first kappa shape index (κ1) is 20.6. The number of anilines is 1. The van der Waals surface area contributed by atoms with Crippen molar-refractivity contribution in [2.75, 3.05) is 12.4 Å². The van der Waals surface area contributed by atoms with Crippen LogP contribution in [0.5, 0.6) is 5.75 Å². The molecule has 1 aromatic carbocycles. The zero-order chi connectivity index (χ0) is 20.1. The second kappa shape index (κ2) is 8.77. The maximum Gasteiger partial charge on any atom is 0.339 e. The molecule has 0 aliphatic heterocycles. The van der Waals surface area contributed by atoms with Crippen LogP contribution in [0.1, 0.15) is 50.9 Å². The lowest BCUT2D eigenvalue weighted by Crippen LogP contribution is -2.15. The SMILES string of the molecule is CCc1c(C)sc(NC(=O)CCC(=O)c2ccc(OC)c(F)c2)c1C(=O)O. The number of methoxy groups -OCH3 is 1. The fourth-order valence-corrected chi connectivity index (χ4v) is 3.87. The number of aromatic carboxylic acids is 1. The molecule has 1 aromatic heterocycles.